The molecule has 0 aromatic carbocycles. The van der Waals surface area contributed by atoms with E-state index < -0.39 is 21.9 Å². The van der Waals surface area contributed by atoms with E-state index in [4.69, 9.17) is 5.11 Å². The molecule has 0 atom stereocenters. The Morgan fingerprint density at radius 2 is 1.90 bits per heavy atom. The van der Waals surface area contributed by atoms with Crippen LogP contribution in [0.1, 0.15) is 19.8 Å². The van der Waals surface area contributed by atoms with Crippen LogP contribution in [0.4, 0.5) is 4.79 Å². The minimum absolute atomic E-state index is 0.0347. The fourth-order valence-electron chi connectivity index (χ4n) is 2.03. The first-order valence-corrected chi connectivity index (χ1v) is 8.24. The SMILES string of the molecule is CCNS(=O)(=O)CCNC(=O)N1CCC(C(=O)O)CC1. The van der Waals surface area contributed by atoms with Crippen LogP contribution in [-0.4, -0.2) is 62.4 Å². The standard InChI is InChI=1S/C11H21N3O5S/c1-2-13-20(18,19)8-5-12-11(17)14-6-3-9(4-7-14)10(15)16/h9,13H,2-8H2,1H3,(H,12,17)(H,15,16). The molecule has 0 spiro atoms. The molecule has 0 aromatic rings. The zero-order chi connectivity index (χ0) is 15.2. The first-order chi connectivity index (χ1) is 9.35. The molecule has 1 fully saturated rings. The number of hydrogen-bond acceptors (Lipinski definition) is 4. The number of nitrogens with zero attached hydrogens (tertiary/aromatic N) is 1. The predicted molar refractivity (Wildman–Crippen MR) is 72.8 cm³/mol. The fraction of sp³-hybridized carbons (Fsp3) is 0.818. The van der Waals surface area contributed by atoms with Gasteiger partial charge in [0.25, 0.3) is 0 Å². The quantitative estimate of drug-likeness (QED) is 0.608. The molecule has 116 valence electrons. The number of hydrogen-bond donors (Lipinski definition) is 3. The third kappa shape index (κ3) is 5.33. The van der Waals surface area contributed by atoms with Crippen molar-refractivity contribution in [1.82, 2.24) is 14.9 Å². The highest BCUT2D eigenvalue weighted by atomic mass is 32.2. The van der Waals surface area contributed by atoms with Gasteiger partial charge in [0, 0.05) is 26.2 Å². The third-order valence-corrected chi connectivity index (χ3v) is 4.61. The number of carbonyl (C=O) groups is 2. The summed E-state index contributed by atoms with van der Waals surface area (Å²) >= 11 is 0. The lowest BCUT2D eigenvalue weighted by Gasteiger charge is -2.30. The number of nitrogens with one attached hydrogen (secondary N) is 2. The Bertz CT molecular complexity index is 443. The summed E-state index contributed by atoms with van der Waals surface area (Å²) < 4.78 is 25.1. The van der Waals surface area contributed by atoms with E-state index in [1.165, 1.54) is 4.90 Å². The Balaban J connectivity index is 2.29. The molecule has 0 bridgehead atoms. The van der Waals surface area contributed by atoms with Crippen LogP contribution < -0.4 is 10.0 Å². The van der Waals surface area contributed by atoms with Crippen LogP contribution in [-0.2, 0) is 14.8 Å². The molecule has 2 amide bonds. The average Bonchev–Trinajstić information content (AvgIpc) is 2.38. The molecule has 0 aliphatic carbocycles. The van der Waals surface area contributed by atoms with Gasteiger partial charge in [-0.2, -0.15) is 0 Å². The van der Waals surface area contributed by atoms with E-state index in [2.05, 4.69) is 10.0 Å². The zero-order valence-corrected chi connectivity index (χ0v) is 12.3. The van der Waals surface area contributed by atoms with Gasteiger partial charge in [-0.25, -0.2) is 17.9 Å². The van der Waals surface area contributed by atoms with Crippen molar-refractivity contribution in [2.45, 2.75) is 19.8 Å². The third-order valence-electron chi connectivity index (χ3n) is 3.14. The summed E-state index contributed by atoms with van der Waals surface area (Å²) in [5.41, 5.74) is 0. The molecule has 8 nitrogen and oxygen atoms in total. The molecule has 1 aliphatic rings. The number of carboxylic acids is 1. The molecule has 3 N–H and O–H groups in total. The summed E-state index contributed by atoms with van der Waals surface area (Å²) in [7, 11) is -3.34. The molecule has 0 saturated carbocycles. The molecule has 0 radical (unpaired) electrons. The van der Waals surface area contributed by atoms with Crippen molar-refractivity contribution < 1.29 is 23.1 Å². The number of piperidine rings is 1. The van der Waals surface area contributed by atoms with Gasteiger partial charge < -0.3 is 15.3 Å². The minimum Gasteiger partial charge on any atom is -0.481 e. The van der Waals surface area contributed by atoms with Crippen molar-refractivity contribution in [3.63, 3.8) is 0 Å². The normalized spacial score (nSPS) is 16.9. The molecule has 0 aromatic heterocycles. The van der Waals surface area contributed by atoms with Gasteiger partial charge in [0.15, 0.2) is 0 Å². The van der Waals surface area contributed by atoms with Crippen LogP contribution in [0.3, 0.4) is 0 Å². The van der Waals surface area contributed by atoms with Gasteiger partial charge in [0.1, 0.15) is 0 Å². The molecule has 1 saturated heterocycles. The average molecular weight is 307 g/mol. The lowest BCUT2D eigenvalue weighted by molar-refractivity contribution is -0.143. The monoisotopic (exact) mass is 307 g/mol. The number of likely N-dealkylation sites (tertiary alicyclic amines) is 1. The lowest BCUT2D eigenvalue weighted by atomic mass is 9.97. The summed E-state index contributed by atoms with van der Waals surface area (Å²) in [5, 5.41) is 11.4. The van der Waals surface area contributed by atoms with E-state index in [1.807, 2.05) is 0 Å². The number of aliphatic carboxylic acids is 1. The van der Waals surface area contributed by atoms with Crippen LogP contribution in [0.5, 0.6) is 0 Å². The van der Waals surface area contributed by atoms with Crippen molar-refractivity contribution in [2.24, 2.45) is 5.92 Å². The van der Waals surface area contributed by atoms with Crippen molar-refractivity contribution in [2.75, 3.05) is 31.9 Å². The smallest absolute Gasteiger partial charge is 0.317 e. The lowest BCUT2D eigenvalue weighted by Crippen LogP contribution is -2.46. The topological polar surface area (TPSA) is 116 Å². The summed E-state index contributed by atoms with van der Waals surface area (Å²) in [5.74, 6) is -1.40. The van der Waals surface area contributed by atoms with Crippen molar-refractivity contribution in [1.29, 1.82) is 0 Å². The van der Waals surface area contributed by atoms with Gasteiger partial charge in [-0.1, -0.05) is 6.92 Å². The largest absolute Gasteiger partial charge is 0.481 e. The maximum Gasteiger partial charge on any atom is 0.317 e. The Kier molecular flexibility index (Phi) is 6.21. The second kappa shape index (κ2) is 7.44. The molecular weight excluding hydrogens is 286 g/mol. The maximum absolute atomic E-state index is 11.8. The number of urea groups is 1. The van der Waals surface area contributed by atoms with Gasteiger partial charge in [0.2, 0.25) is 10.0 Å². The van der Waals surface area contributed by atoms with E-state index >= 15 is 0 Å². The van der Waals surface area contributed by atoms with Gasteiger partial charge in [0.05, 0.1) is 11.7 Å². The minimum atomic E-state index is -3.34. The van der Waals surface area contributed by atoms with E-state index in [1.54, 1.807) is 6.92 Å². The van der Waals surface area contributed by atoms with Crippen LogP contribution in [0.25, 0.3) is 0 Å². The summed E-state index contributed by atoms with van der Waals surface area (Å²) in [6, 6.07) is -0.347. The van der Waals surface area contributed by atoms with E-state index in [-0.39, 0.29) is 18.3 Å². The van der Waals surface area contributed by atoms with Gasteiger partial charge >= 0.3 is 12.0 Å². The summed E-state index contributed by atoms with van der Waals surface area (Å²) in [6.45, 7) is 2.79. The Hall–Kier alpha value is -1.35. The number of rotatable bonds is 6. The highest BCUT2D eigenvalue weighted by Gasteiger charge is 2.26. The van der Waals surface area contributed by atoms with Gasteiger partial charge in [-0.3, -0.25) is 4.79 Å². The first-order valence-electron chi connectivity index (χ1n) is 6.58. The second-order valence-corrected chi connectivity index (χ2v) is 6.57. The molecule has 1 aliphatic heterocycles. The van der Waals surface area contributed by atoms with Crippen molar-refractivity contribution in [3.8, 4) is 0 Å². The molecular formula is C11H21N3O5S. The second-order valence-electron chi connectivity index (χ2n) is 4.65. The molecule has 9 heteroatoms. The molecule has 0 unspecified atom stereocenters. The van der Waals surface area contributed by atoms with E-state index in [9.17, 15) is 18.0 Å². The van der Waals surface area contributed by atoms with Gasteiger partial charge in [-0.15, -0.1) is 0 Å². The predicted octanol–water partition coefficient (Wildman–Crippen LogP) is -0.568. The van der Waals surface area contributed by atoms with Crippen LogP contribution in [0.15, 0.2) is 0 Å². The van der Waals surface area contributed by atoms with E-state index in [0.29, 0.717) is 32.5 Å². The highest BCUT2D eigenvalue weighted by Crippen LogP contribution is 2.16. The van der Waals surface area contributed by atoms with Gasteiger partial charge in [-0.05, 0) is 12.8 Å². The van der Waals surface area contributed by atoms with Crippen molar-refractivity contribution in [3.05, 3.63) is 0 Å². The molecule has 1 rings (SSSR count). The first kappa shape index (κ1) is 16.7. The molecule has 20 heavy (non-hydrogen) atoms. The number of carboxylic acid groups (broad SMARTS) is 1. The Morgan fingerprint density at radius 3 is 2.40 bits per heavy atom. The summed E-state index contributed by atoms with van der Waals surface area (Å²) in [6.07, 6.45) is 0.858. The van der Waals surface area contributed by atoms with Crippen LogP contribution in [0, 0.1) is 5.92 Å². The Morgan fingerprint density at radius 1 is 1.30 bits per heavy atom. The van der Waals surface area contributed by atoms with Crippen molar-refractivity contribution >= 4 is 22.0 Å². The number of carbonyl (C=O) groups excluding carboxylic acids is 1. The van der Waals surface area contributed by atoms with E-state index in [0.717, 1.165) is 0 Å². The highest BCUT2D eigenvalue weighted by molar-refractivity contribution is 7.89. The fourth-order valence-corrected chi connectivity index (χ4v) is 2.98. The number of amides is 2. The Labute approximate surface area is 118 Å². The maximum atomic E-state index is 11.8. The van der Waals surface area contributed by atoms with Crippen LogP contribution >= 0.6 is 0 Å². The number of sulfonamides is 1. The van der Waals surface area contributed by atoms with Crippen LogP contribution in [0.2, 0.25) is 0 Å². The zero-order valence-electron chi connectivity index (χ0n) is 11.5. The summed E-state index contributed by atoms with van der Waals surface area (Å²) in [4.78, 5) is 24.1. The molecule has 1 heterocycles.